The average molecular weight is 355 g/mol. The predicted octanol–water partition coefficient (Wildman–Crippen LogP) is 6.21. The van der Waals surface area contributed by atoms with Gasteiger partial charge in [0.2, 0.25) is 0 Å². The number of hydrogen-bond donors (Lipinski definition) is 0. The van der Waals surface area contributed by atoms with Crippen LogP contribution in [0.15, 0.2) is 54.6 Å². The molecule has 1 aromatic heterocycles. The molecule has 0 aliphatic heterocycles. The molecular formula is C22H27ClN2. The zero-order valence-electron chi connectivity index (χ0n) is 14.8. The number of para-hydroxylation sites is 2. The third kappa shape index (κ3) is 5.09. The molecule has 1 heterocycles. The number of aromatic nitrogens is 2. The number of benzene rings is 2. The minimum absolute atomic E-state index is 0.796. The Labute approximate surface area is 155 Å². The zero-order valence-corrected chi connectivity index (χ0v) is 15.6. The highest BCUT2D eigenvalue weighted by Gasteiger charge is 2.10. The molecule has 0 atom stereocenters. The molecule has 0 bridgehead atoms. The molecule has 3 rings (SSSR count). The molecular weight excluding hydrogens is 328 g/mol. The van der Waals surface area contributed by atoms with Crippen molar-refractivity contribution in [2.24, 2.45) is 0 Å². The largest absolute Gasteiger partial charge is 0.328 e. The van der Waals surface area contributed by atoms with E-state index >= 15 is 0 Å². The van der Waals surface area contributed by atoms with E-state index in [1.807, 2.05) is 0 Å². The topological polar surface area (TPSA) is 17.8 Å². The molecule has 0 fully saturated rings. The van der Waals surface area contributed by atoms with Crippen LogP contribution in [0.5, 0.6) is 0 Å². The zero-order chi connectivity index (χ0) is 17.3. The Hall–Kier alpha value is -1.80. The van der Waals surface area contributed by atoms with Crippen LogP contribution in [0.2, 0.25) is 0 Å². The van der Waals surface area contributed by atoms with Crippen molar-refractivity contribution in [3.8, 4) is 0 Å². The van der Waals surface area contributed by atoms with Gasteiger partial charge in [-0.25, -0.2) is 4.98 Å². The fourth-order valence-corrected chi connectivity index (χ4v) is 3.55. The molecule has 2 aromatic carbocycles. The Morgan fingerprint density at radius 3 is 2.24 bits per heavy atom. The van der Waals surface area contributed by atoms with Gasteiger partial charge in [0.15, 0.2) is 0 Å². The van der Waals surface area contributed by atoms with Crippen molar-refractivity contribution < 1.29 is 0 Å². The van der Waals surface area contributed by atoms with Crippen molar-refractivity contribution in [1.29, 1.82) is 0 Å². The van der Waals surface area contributed by atoms with E-state index in [0.29, 0.717) is 0 Å². The standard InChI is InChI=1S/C22H27ClN2/c23-16-10-3-1-2-4-11-17-25-21-15-9-8-14-20(21)24-22(25)18-19-12-6-5-7-13-19/h5-9,12-15H,1-4,10-11,16-18H2. The third-order valence-corrected chi connectivity index (χ3v) is 4.97. The predicted molar refractivity (Wildman–Crippen MR) is 107 cm³/mol. The van der Waals surface area contributed by atoms with Crippen LogP contribution in [0.3, 0.4) is 0 Å². The summed E-state index contributed by atoms with van der Waals surface area (Å²) in [5.41, 5.74) is 3.69. The quantitative estimate of drug-likeness (QED) is 0.313. The molecule has 0 aliphatic carbocycles. The maximum absolute atomic E-state index is 5.74. The highest BCUT2D eigenvalue weighted by atomic mass is 35.5. The summed E-state index contributed by atoms with van der Waals surface area (Å²) in [4.78, 5) is 4.90. The van der Waals surface area contributed by atoms with Gasteiger partial charge < -0.3 is 4.57 Å². The summed E-state index contributed by atoms with van der Waals surface area (Å²) >= 11 is 5.74. The monoisotopic (exact) mass is 354 g/mol. The van der Waals surface area contributed by atoms with Gasteiger partial charge in [-0.2, -0.15) is 0 Å². The third-order valence-electron chi connectivity index (χ3n) is 4.70. The molecule has 0 N–H and O–H groups in total. The molecule has 3 heteroatoms. The van der Waals surface area contributed by atoms with Gasteiger partial charge in [0.05, 0.1) is 11.0 Å². The summed E-state index contributed by atoms with van der Waals surface area (Å²) < 4.78 is 2.42. The van der Waals surface area contributed by atoms with E-state index in [1.165, 1.54) is 49.0 Å². The van der Waals surface area contributed by atoms with Gasteiger partial charge in [-0.15, -0.1) is 11.6 Å². The summed E-state index contributed by atoms with van der Waals surface area (Å²) in [5.74, 6) is 1.97. The van der Waals surface area contributed by atoms with E-state index in [0.717, 1.165) is 30.8 Å². The first-order valence-corrected chi connectivity index (χ1v) is 9.96. The molecule has 0 aliphatic rings. The van der Waals surface area contributed by atoms with Crippen LogP contribution in [0, 0.1) is 0 Å². The minimum atomic E-state index is 0.796. The number of imidazole rings is 1. The molecule has 0 unspecified atom stereocenters. The lowest BCUT2D eigenvalue weighted by Gasteiger charge is -2.09. The lowest BCUT2D eigenvalue weighted by Crippen LogP contribution is -2.05. The maximum Gasteiger partial charge on any atom is 0.114 e. The van der Waals surface area contributed by atoms with Crippen molar-refractivity contribution in [2.75, 3.05) is 5.88 Å². The van der Waals surface area contributed by atoms with Crippen LogP contribution in [0.25, 0.3) is 11.0 Å². The number of alkyl halides is 1. The number of halogens is 1. The number of rotatable bonds is 10. The van der Waals surface area contributed by atoms with E-state index in [9.17, 15) is 0 Å². The summed E-state index contributed by atoms with van der Waals surface area (Å²) in [6.45, 7) is 1.05. The van der Waals surface area contributed by atoms with E-state index in [1.54, 1.807) is 0 Å². The Balaban J connectivity index is 1.66. The Bertz CT molecular complexity index is 764. The first-order chi connectivity index (χ1) is 12.4. The molecule has 132 valence electrons. The van der Waals surface area contributed by atoms with Crippen LogP contribution in [0.4, 0.5) is 0 Å². The molecule has 3 aromatic rings. The molecule has 0 amide bonds. The van der Waals surface area contributed by atoms with Gasteiger partial charge >= 0.3 is 0 Å². The van der Waals surface area contributed by atoms with E-state index < -0.39 is 0 Å². The van der Waals surface area contributed by atoms with Gasteiger partial charge in [0, 0.05) is 18.8 Å². The molecule has 0 saturated carbocycles. The number of unbranched alkanes of at least 4 members (excludes halogenated alkanes) is 5. The second kappa shape index (κ2) is 9.62. The fourth-order valence-electron chi connectivity index (χ4n) is 3.36. The van der Waals surface area contributed by atoms with Crippen LogP contribution in [-0.4, -0.2) is 15.4 Å². The van der Waals surface area contributed by atoms with Crippen molar-refractivity contribution in [1.82, 2.24) is 9.55 Å². The van der Waals surface area contributed by atoms with Crippen LogP contribution >= 0.6 is 11.6 Å². The number of hydrogen-bond acceptors (Lipinski definition) is 1. The summed E-state index contributed by atoms with van der Waals surface area (Å²) in [7, 11) is 0. The normalized spacial score (nSPS) is 11.2. The van der Waals surface area contributed by atoms with Crippen LogP contribution < -0.4 is 0 Å². The van der Waals surface area contributed by atoms with E-state index in [4.69, 9.17) is 16.6 Å². The number of nitrogens with zero attached hydrogens (tertiary/aromatic N) is 2. The fraction of sp³-hybridized carbons (Fsp3) is 0.409. The van der Waals surface area contributed by atoms with Crippen molar-refractivity contribution in [3.63, 3.8) is 0 Å². The van der Waals surface area contributed by atoms with Gasteiger partial charge in [0.1, 0.15) is 5.82 Å². The number of aryl methyl sites for hydroxylation is 1. The summed E-state index contributed by atoms with van der Waals surface area (Å²) in [5, 5.41) is 0. The summed E-state index contributed by atoms with van der Waals surface area (Å²) in [6, 6.07) is 19.1. The smallest absolute Gasteiger partial charge is 0.114 e. The molecule has 25 heavy (non-hydrogen) atoms. The SMILES string of the molecule is ClCCCCCCCCn1c(Cc2ccccc2)nc2ccccc21. The second-order valence-electron chi connectivity index (χ2n) is 6.64. The van der Waals surface area contributed by atoms with Crippen molar-refractivity contribution >= 4 is 22.6 Å². The lowest BCUT2D eigenvalue weighted by atomic mass is 10.1. The van der Waals surface area contributed by atoms with Crippen LogP contribution in [-0.2, 0) is 13.0 Å². The van der Waals surface area contributed by atoms with Crippen LogP contribution in [0.1, 0.15) is 49.9 Å². The number of fused-ring (bicyclic) bond motifs is 1. The lowest BCUT2D eigenvalue weighted by molar-refractivity contribution is 0.556. The van der Waals surface area contributed by atoms with Gasteiger partial charge in [-0.1, -0.05) is 68.1 Å². The molecule has 0 spiro atoms. The molecule has 2 nitrogen and oxygen atoms in total. The first kappa shape index (κ1) is 18.0. The first-order valence-electron chi connectivity index (χ1n) is 9.42. The average Bonchev–Trinajstić information content (AvgIpc) is 2.99. The molecule has 0 radical (unpaired) electrons. The maximum atomic E-state index is 5.74. The highest BCUT2D eigenvalue weighted by Crippen LogP contribution is 2.20. The van der Waals surface area contributed by atoms with Gasteiger partial charge in [-0.05, 0) is 30.5 Å². The van der Waals surface area contributed by atoms with Crippen molar-refractivity contribution in [2.45, 2.75) is 51.5 Å². The summed E-state index contributed by atoms with van der Waals surface area (Å²) in [6.07, 6.45) is 8.39. The Morgan fingerprint density at radius 1 is 0.760 bits per heavy atom. The van der Waals surface area contributed by atoms with Gasteiger partial charge in [-0.3, -0.25) is 0 Å². The van der Waals surface area contributed by atoms with E-state index in [2.05, 4.69) is 59.2 Å². The molecule has 0 saturated heterocycles. The highest BCUT2D eigenvalue weighted by molar-refractivity contribution is 6.17. The second-order valence-corrected chi connectivity index (χ2v) is 7.02. The van der Waals surface area contributed by atoms with Crippen molar-refractivity contribution in [3.05, 3.63) is 66.0 Å². The minimum Gasteiger partial charge on any atom is -0.328 e. The Kier molecular flexibility index (Phi) is 6.93. The van der Waals surface area contributed by atoms with Gasteiger partial charge in [0.25, 0.3) is 0 Å². The Morgan fingerprint density at radius 2 is 1.44 bits per heavy atom. The van der Waals surface area contributed by atoms with E-state index in [-0.39, 0.29) is 0 Å².